The second-order valence-electron chi connectivity index (χ2n) is 6.70. The summed E-state index contributed by atoms with van der Waals surface area (Å²) in [4.78, 5) is -0.176. The molecule has 0 atom stereocenters. The van der Waals surface area contributed by atoms with Gasteiger partial charge in [0.05, 0.1) is 16.3 Å². The molecule has 0 aliphatic carbocycles. The number of rotatable bonds is 6. The van der Waals surface area contributed by atoms with E-state index >= 15 is 0 Å². The summed E-state index contributed by atoms with van der Waals surface area (Å²) in [7, 11) is -4.97. The largest absolute Gasteiger partial charge is 0.294 e. The van der Waals surface area contributed by atoms with Crippen LogP contribution in [0.2, 0.25) is 0 Å². The van der Waals surface area contributed by atoms with Gasteiger partial charge in [0.25, 0.3) is 10.1 Å². The Morgan fingerprint density at radius 3 is 1.65 bits per heavy atom. The summed E-state index contributed by atoms with van der Waals surface area (Å²) >= 11 is 0. The molecule has 0 amide bonds. The Morgan fingerprint density at radius 1 is 0.581 bits per heavy atom. The molecule has 1 N–H and O–H groups in total. The molecule has 4 aromatic rings. The van der Waals surface area contributed by atoms with Crippen LogP contribution in [0.15, 0.2) is 124 Å². The average Bonchev–Trinajstić information content (AvgIpc) is 2.79. The summed E-state index contributed by atoms with van der Waals surface area (Å²) in [6.45, 7) is 0. The predicted molar refractivity (Wildman–Crippen MR) is 126 cm³/mol. The molecule has 0 spiro atoms. The van der Waals surface area contributed by atoms with Crippen LogP contribution < -0.4 is 15.9 Å². The lowest BCUT2D eigenvalue weighted by Crippen LogP contribution is -2.20. The highest BCUT2D eigenvalue weighted by molar-refractivity contribution is 7.85. The van der Waals surface area contributed by atoms with Crippen molar-refractivity contribution in [3.63, 3.8) is 0 Å². The molecule has 7 heteroatoms. The molecule has 0 saturated carbocycles. The second-order valence-corrected chi connectivity index (χ2v) is 10.3. The Bertz CT molecular complexity index is 1250. The SMILES string of the molecule is O=S(=O)(O)c1ccc(N=Nc2cccc(P(c3ccccc3)c3ccccc3)c2)cc1. The van der Waals surface area contributed by atoms with E-state index in [0.717, 1.165) is 5.30 Å². The summed E-state index contributed by atoms with van der Waals surface area (Å²) in [5.74, 6) is 0. The van der Waals surface area contributed by atoms with Crippen LogP contribution in [-0.4, -0.2) is 13.0 Å². The number of benzene rings is 4. The van der Waals surface area contributed by atoms with Crippen molar-refractivity contribution in [3.05, 3.63) is 109 Å². The maximum Gasteiger partial charge on any atom is 0.294 e. The lowest BCUT2D eigenvalue weighted by molar-refractivity contribution is 0.483. The van der Waals surface area contributed by atoms with Gasteiger partial charge in [-0.05, 0) is 60.2 Å². The van der Waals surface area contributed by atoms with Crippen molar-refractivity contribution in [2.45, 2.75) is 4.90 Å². The van der Waals surface area contributed by atoms with Crippen LogP contribution in [0, 0.1) is 0 Å². The Balaban J connectivity index is 1.65. The average molecular weight is 446 g/mol. The minimum atomic E-state index is -4.22. The van der Waals surface area contributed by atoms with Crippen molar-refractivity contribution < 1.29 is 13.0 Å². The molecule has 0 aromatic heterocycles. The van der Waals surface area contributed by atoms with Gasteiger partial charge in [0.15, 0.2) is 0 Å². The zero-order valence-electron chi connectivity index (χ0n) is 16.4. The van der Waals surface area contributed by atoms with Crippen molar-refractivity contribution in [3.8, 4) is 0 Å². The van der Waals surface area contributed by atoms with E-state index in [2.05, 4.69) is 40.6 Å². The maximum atomic E-state index is 11.2. The van der Waals surface area contributed by atoms with Crippen LogP contribution >= 0.6 is 7.92 Å². The van der Waals surface area contributed by atoms with E-state index in [-0.39, 0.29) is 4.90 Å². The Hall–Kier alpha value is -3.18. The van der Waals surface area contributed by atoms with E-state index < -0.39 is 18.0 Å². The van der Waals surface area contributed by atoms with E-state index in [9.17, 15) is 8.42 Å². The van der Waals surface area contributed by atoms with Crippen LogP contribution in [0.25, 0.3) is 0 Å². The first-order valence-electron chi connectivity index (χ1n) is 9.50. The van der Waals surface area contributed by atoms with Gasteiger partial charge in [0, 0.05) is 0 Å². The number of nitrogens with zero attached hydrogens (tertiary/aromatic N) is 2. The van der Waals surface area contributed by atoms with Gasteiger partial charge in [-0.25, -0.2) is 0 Å². The first-order valence-corrected chi connectivity index (χ1v) is 12.3. The van der Waals surface area contributed by atoms with Gasteiger partial charge < -0.3 is 0 Å². The van der Waals surface area contributed by atoms with Gasteiger partial charge in [0.1, 0.15) is 0 Å². The standard InChI is InChI=1S/C24H19N2O3PS/c27-31(28,29)24-16-14-19(15-17-24)25-26-20-8-7-13-23(18-20)30(21-9-3-1-4-10-21)22-11-5-2-6-12-22/h1-18H,(H,27,28,29). The first-order chi connectivity index (χ1) is 15.0. The summed E-state index contributed by atoms with van der Waals surface area (Å²) in [5.41, 5.74) is 1.20. The summed E-state index contributed by atoms with van der Waals surface area (Å²) in [6, 6.07) is 34.4. The molecular formula is C24H19N2O3PS. The van der Waals surface area contributed by atoms with Gasteiger partial charge >= 0.3 is 0 Å². The van der Waals surface area contributed by atoms with E-state index in [1.807, 2.05) is 54.6 Å². The molecule has 0 aliphatic heterocycles. The number of azo groups is 1. The third kappa shape index (κ3) is 5.30. The molecule has 31 heavy (non-hydrogen) atoms. The molecule has 5 nitrogen and oxygen atoms in total. The van der Waals surface area contributed by atoms with Crippen LogP contribution in [0.1, 0.15) is 0 Å². The van der Waals surface area contributed by atoms with E-state index in [0.29, 0.717) is 11.4 Å². The normalized spacial score (nSPS) is 11.8. The van der Waals surface area contributed by atoms with Gasteiger partial charge in [-0.1, -0.05) is 72.8 Å². The molecular weight excluding hydrogens is 427 g/mol. The van der Waals surface area contributed by atoms with Gasteiger partial charge in [-0.3, -0.25) is 4.55 Å². The first kappa shape index (κ1) is 21.1. The Morgan fingerprint density at radius 2 is 1.10 bits per heavy atom. The highest BCUT2D eigenvalue weighted by Gasteiger charge is 2.16. The molecule has 0 aliphatic rings. The fraction of sp³-hybridized carbons (Fsp3) is 0. The highest BCUT2D eigenvalue weighted by atomic mass is 32.2. The molecule has 154 valence electrons. The molecule has 4 rings (SSSR count). The molecule has 0 heterocycles. The fourth-order valence-electron chi connectivity index (χ4n) is 3.10. The molecule has 0 unspecified atom stereocenters. The van der Waals surface area contributed by atoms with Gasteiger partial charge in [-0.15, -0.1) is 0 Å². The van der Waals surface area contributed by atoms with E-state index in [1.165, 1.54) is 34.9 Å². The van der Waals surface area contributed by atoms with Crippen molar-refractivity contribution in [1.82, 2.24) is 0 Å². The predicted octanol–water partition coefficient (Wildman–Crippen LogP) is 5.11. The topological polar surface area (TPSA) is 79.1 Å². The molecule has 0 radical (unpaired) electrons. The minimum Gasteiger partial charge on any atom is -0.282 e. The number of hydrogen-bond acceptors (Lipinski definition) is 4. The Kier molecular flexibility index (Phi) is 6.33. The fourth-order valence-corrected chi connectivity index (χ4v) is 5.91. The smallest absolute Gasteiger partial charge is 0.282 e. The van der Waals surface area contributed by atoms with Gasteiger partial charge in [-0.2, -0.15) is 18.6 Å². The second kappa shape index (κ2) is 9.31. The third-order valence-electron chi connectivity index (χ3n) is 4.53. The van der Waals surface area contributed by atoms with Crippen molar-refractivity contribution in [2.75, 3.05) is 0 Å². The van der Waals surface area contributed by atoms with Gasteiger partial charge in [0.2, 0.25) is 0 Å². The lowest BCUT2D eigenvalue weighted by atomic mass is 10.3. The molecule has 0 bridgehead atoms. The maximum absolute atomic E-state index is 11.2. The summed E-state index contributed by atoms with van der Waals surface area (Å²) < 4.78 is 31.4. The van der Waals surface area contributed by atoms with Crippen LogP contribution in [0.3, 0.4) is 0 Å². The Labute approximate surface area is 182 Å². The lowest BCUT2D eigenvalue weighted by Gasteiger charge is -2.19. The molecule has 4 aromatic carbocycles. The molecule has 0 saturated heterocycles. The van der Waals surface area contributed by atoms with Crippen molar-refractivity contribution in [2.24, 2.45) is 10.2 Å². The van der Waals surface area contributed by atoms with Crippen molar-refractivity contribution in [1.29, 1.82) is 0 Å². The van der Waals surface area contributed by atoms with Crippen molar-refractivity contribution >= 4 is 45.3 Å². The van der Waals surface area contributed by atoms with Crippen LogP contribution in [0.4, 0.5) is 11.4 Å². The summed E-state index contributed by atoms with van der Waals surface area (Å²) in [5, 5.41) is 12.2. The molecule has 0 fully saturated rings. The van der Waals surface area contributed by atoms with E-state index in [4.69, 9.17) is 4.55 Å². The van der Waals surface area contributed by atoms with Crippen LogP contribution in [0.5, 0.6) is 0 Å². The van der Waals surface area contributed by atoms with Crippen LogP contribution in [-0.2, 0) is 10.1 Å². The third-order valence-corrected chi connectivity index (χ3v) is 7.82. The summed E-state index contributed by atoms with van der Waals surface area (Å²) in [6.07, 6.45) is 0. The van der Waals surface area contributed by atoms with E-state index in [1.54, 1.807) is 0 Å². The zero-order chi connectivity index (χ0) is 21.7. The quantitative estimate of drug-likeness (QED) is 0.254. The zero-order valence-corrected chi connectivity index (χ0v) is 18.1. The number of hydrogen-bond donors (Lipinski definition) is 1. The highest BCUT2D eigenvalue weighted by Crippen LogP contribution is 2.34. The monoisotopic (exact) mass is 446 g/mol. The minimum absolute atomic E-state index is 0.176.